The van der Waals surface area contributed by atoms with Crippen molar-refractivity contribution in [1.82, 2.24) is 4.90 Å². The lowest BCUT2D eigenvalue weighted by Crippen LogP contribution is -2.32. The van der Waals surface area contributed by atoms with E-state index >= 15 is 0 Å². The van der Waals surface area contributed by atoms with Crippen molar-refractivity contribution in [2.24, 2.45) is 11.8 Å². The highest BCUT2D eigenvalue weighted by Gasteiger charge is 2.43. The fourth-order valence-electron chi connectivity index (χ4n) is 3.53. The fraction of sp³-hybridized carbons (Fsp3) is 0.588. The van der Waals surface area contributed by atoms with Gasteiger partial charge >= 0.3 is 0 Å². The Labute approximate surface area is 130 Å². The molecule has 21 heavy (non-hydrogen) atoms. The number of hydrogen-bond acceptors (Lipinski definition) is 3. The molecule has 114 valence electrons. The number of carbonyl (C=O) groups is 1. The lowest BCUT2D eigenvalue weighted by Gasteiger charge is -2.18. The molecule has 3 unspecified atom stereocenters. The summed E-state index contributed by atoms with van der Waals surface area (Å²) >= 11 is 1.63. The smallest absolute Gasteiger partial charge is 0.232 e. The minimum absolute atomic E-state index is 0.195. The van der Waals surface area contributed by atoms with Crippen molar-refractivity contribution >= 4 is 17.7 Å². The van der Waals surface area contributed by atoms with E-state index in [-0.39, 0.29) is 12.0 Å². The van der Waals surface area contributed by atoms with E-state index in [2.05, 4.69) is 32.0 Å². The highest BCUT2D eigenvalue weighted by Crippen LogP contribution is 2.38. The van der Waals surface area contributed by atoms with Crippen LogP contribution in [0.15, 0.2) is 23.1 Å². The first-order chi connectivity index (χ1) is 10.0. The number of aryl methyl sites for hydroxylation is 2. The number of aliphatic hydroxyl groups excluding tert-OH is 1. The van der Waals surface area contributed by atoms with Crippen molar-refractivity contribution in [3.05, 3.63) is 29.3 Å². The third kappa shape index (κ3) is 3.11. The molecule has 0 aromatic heterocycles. The maximum atomic E-state index is 12.4. The van der Waals surface area contributed by atoms with E-state index < -0.39 is 0 Å². The summed E-state index contributed by atoms with van der Waals surface area (Å²) in [7, 11) is 0. The van der Waals surface area contributed by atoms with E-state index in [0.717, 1.165) is 25.9 Å². The second-order valence-electron chi connectivity index (χ2n) is 6.42. The van der Waals surface area contributed by atoms with E-state index in [1.807, 2.05) is 4.90 Å². The Kier molecular flexibility index (Phi) is 4.27. The highest BCUT2D eigenvalue weighted by atomic mass is 32.2. The van der Waals surface area contributed by atoms with Gasteiger partial charge in [0.25, 0.3) is 0 Å². The fourth-order valence-corrected chi connectivity index (χ4v) is 4.56. The SMILES string of the molecule is Cc1ccc(C)c(SCC(=O)N2CC3CCC(O)C3C2)c1. The van der Waals surface area contributed by atoms with Crippen LogP contribution in [0.3, 0.4) is 0 Å². The second kappa shape index (κ2) is 6.01. The van der Waals surface area contributed by atoms with Crippen molar-refractivity contribution in [1.29, 1.82) is 0 Å². The van der Waals surface area contributed by atoms with Gasteiger partial charge in [-0.2, -0.15) is 0 Å². The van der Waals surface area contributed by atoms with E-state index in [1.165, 1.54) is 16.0 Å². The first-order valence-corrected chi connectivity index (χ1v) is 8.69. The lowest BCUT2D eigenvalue weighted by atomic mass is 10.00. The summed E-state index contributed by atoms with van der Waals surface area (Å²) in [6.45, 7) is 5.75. The molecule has 0 spiro atoms. The van der Waals surface area contributed by atoms with Crippen LogP contribution in [0.1, 0.15) is 24.0 Å². The zero-order valence-electron chi connectivity index (χ0n) is 12.7. The molecule has 1 saturated heterocycles. The van der Waals surface area contributed by atoms with Crippen molar-refractivity contribution < 1.29 is 9.90 Å². The molecule has 1 aliphatic carbocycles. The number of aliphatic hydroxyl groups is 1. The monoisotopic (exact) mass is 305 g/mol. The molecule has 0 radical (unpaired) electrons. The zero-order valence-corrected chi connectivity index (χ0v) is 13.5. The third-order valence-corrected chi connectivity index (χ3v) is 6.01. The maximum absolute atomic E-state index is 12.4. The molecule has 0 bridgehead atoms. The number of hydrogen-bond donors (Lipinski definition) is 1. The van der Waals surface area contributed by atoms with Gasteiger partial charge in [0.2, 0.25) is 5.91 Å². The normalized spacial score (nSPS) is 28.0. The molecule has 1 N–H and O–H groups in total. The Morgan fingerprint density at radius 2 is 2.14 bits per heavy atom. The summed E-state index contributed by atoms with van der Waals surface area (Å²) in [6.07, 6.45) is 1.79. The number of benzene rings is 1. The van der Waals surface area contributed by atoms with Gasteiger partial charge in [-0.15, -0.1) is 11.8 Å². The van der Waals surface area contributed by atoms with Crippen LogP contribution in [-0.4, -0.2) is 40.9 Å². The first kappa shape index (κ1) is 14.9. The Balaban J connectivity index is 1.57. The Bertz CT molecular complexity index is 546. The van der Waals surface area contributed by atoms with Crippen molar-refractivity contribution in [3.63, 3.8) is 0 Å². The number of nitrogens with zero attached hydrogens (tertiary/aromatic N) is 1. The summed E-state index contributed by atoms with van der Waals surface area (Å²) in [5.41, 5.74) is 2.46. The average molecular weight is 305 g/mol. The van der Waals surface area contributed by atoms with Crippen LogP contribution < -0.4 is 0 Å². The van der Waals surface area contributed by atoms with Crippen LogP contribution in [0.5, 0.6) is 0 Å². The second-order valence-corrected chi connectivity index (χ2v) is 7.44. The van der Waals surface area contributed by atoms with Gasteiger partial charge in [0.15, 0.2) is 0 Å². The lowest BCUT2D eigenvalue weighted by molar-refractivity contribution is -0.127. The van der Waals surface area contributed by atoms with Gasteiger partial charge in [0, 0.05) is 23.9 Å². The molecule has 1 saturated carbocycles. The van der Waals surface area contributed by atoms with Gasteiger partial charge in [-0.05, 0) is 44.2 Å². The Hall–Kier alpha value is -1.00. The molecular formula is C17H23NO2S. The Morgan fingerprint density at radius 3 is 2.90 bits per heavy atom. The molecule has 1 aliphatic heterocycles. The standard InChI is InChI=1S/C17H23NO2S/c1-11-3-4-12(2)16(7-11)21-10-17(20)18-8-13-5-6-15(19)14(13)9-18/h3-4,7,13-15,19H,5-6,8-10H2,1-2H3. The van der Waals surface area contributed by atoms with Crippen LogP contribution >= 0.6 is 11.8 Å². The van der Waals surface area contributed by atoms with Gasteiger partial charge in [-0.25, -0.2) is 0 Å². The Morgan fingerprint density at radius 1 is 1.33 bits per heavy atom. The predicted octanol–water partition coefficient (Wildman–Crippen LogP) is 2.62. The minimum Gasteiger partial charge on any atom is -0.393 e. The van der Waals surface area contributed by atoms with E-state index in [9.17, 15) is 9.90 Å². The molecule has 3 atom stereocenters. The van der Waals surface area contributed by atoms with Crippen LogP contribution in [0.25, 0.3) is 0 Å². The summed E-state index contributed by atoms with van der Waals surface area (Å²) in [5, 5.41) is 9.93. The summed E-state index contributed by atoms with van der Waals surface area (Å²) < 4.78 is 0. The van der Waals surface area contributed by atoms with Crippen LogP contribution in [0.4, 0.5) is 0 Å². The molecule has 2 fully saturated rings. The van der Waals surface area contributed by atoms with Gasteiger partial charge in [0.1, 0.15) is 0 Å². The van der Waals surface area contributed by atoms with Crippen LogP contribution in [-0.2, 0) is 4.79 Å². The predicted molar refractivity (Wildman–Crippen MR) is 85.4 cm³/mol. The van der Waals surface area contributed by atoms with Crippen molar-refractivity contribution in [2.45, 2.75) is 37.7 Å². The number of fused-ring (bicyclic) bond motifs is 1. The molecule has 1 heterocycles. The van der Waals surface area contributed by atoms with E-state index in [0.29, 0.717) is 17.6 Å². The molecule has 3 nitrogen and oxygen atoms in total. The van der Waals surface area contributed by atoms with Gasteiger partial charge < -0.3 is 10.0 Å². The molecule has 1 aromatic carbocycles. The molecule has 1 amide bonds. The number of rotatable bonds is 3. The summed E-state index contributed by atoms with van der Waals surface area (Å²) in [6, 6.07) is 6.36. The van der Waals surface area contributed by atoms with Crippen molar-refractivity contribution in [2.75, 3.05) is 18.8 Å². The van der Waals surface area contributed by atoms with Crippen molar-refractivity contribution in [3.8, 4) is 0 Å². The largest absolute Gasteiger partial charge is 0.393 e. The van der Waals surface area contributed by atoms with Gasteiger partial charge in [-0.1, -0.05) is 17.7 Å². The number of carbonyl (C=O) groups excluding carboxylic acids is 1. The quantitative estimate of drug-likeness (QED) is 0.873. The summed E-state index contributed by atoms with van der Waals surface area (Å²) in [4.78, 5) is 15.5. The van der Waals surface area contributed by atoms with E-state index in [4.69, 9.17) is 0 Å². The highest BCUT2D eigenvalue weighted by molar-refractivity contribution is 8.00. The number of likely N-dealkylation sites (tertiary alicyclic amines) is 1. The van der Waals surface area contributed by atoms with Crippen LogP contribution in [0, 0.1) is 25.7 Å². The van der Waals surface area contributed by atoms with Crippen LogP contribution in [0.2, 0.25) is 0 Å². The molecule has 4 heteroatoms. The maximum Gasteiger partial charge on any atom is 0.232 e. The summed E-state index contributed by atoms with van der Waals surface area (Å²) in [5.74, 6) is 1.55. The first-order valence-electron chi connectivity index (χ1n) is 7.70. The third-order valence-electron chi connectivity index (χ3n) is 4.87. The molecule has 3 rings (SSSR count). The average Bonchev–Trinajstić information content (AvgIpc) is 3.02. The zero-order chi connectivity index (χ0) is 15.0. The molecular weight excluding hydrogens is 282 g/mol. The van der Waals surface area contributed by atoms with Gasteiger partial charge in [-0.3, -0.25) is 4.79 Å². The minimum atomic E-state index is -0.195. The number of thioether (sulfide) groups is 1. The van der Waals surface area contributed by atoms with E-state index in [1.54, 1.807) is 11.8 Å². The topological polar surface area (TPSA) is 40.5 Å². The molecule has 1 aromatic rings. The number of amides is 1. The molecule has 2 aliphatic rings. The van der Waals surface area contributed by atoms with Gasteiger partial charge in [0.05, 0.1) is 11.9 Å².